The van der Waals surface area contributed by atoms with E-state index in [4.69, 9.17) is 10.5 Å². The van der Waals surface area contributed by atoms with E-state index in [1.54, 1.807) is 17.6 Å². The second-order valence-corrected chi connectivity index (χ2v) is 5.29. The van der Waals surface area contributed by atoms with Gasteiger partial charge in [0.2, 0.25) is 0 Å². The average Bonchev–Trinajstić information content (AvgIpc) is 2.49. The standard InChI is InChI=1S/C17H18F2N2O2/c1-11(8-20)9-21-12(2)5-15(7-17(21)22)23-10-13-3-4-14(18)6-16(13)19/h3-8H,9-10,20H2,1-2H3/b11-8-. The summed E-state index contributed by atoms with van der Waals surface area (Å²) in [6.45, 7) is 3.91. The number of halogens is 2. The lowest BCUT2D eigenvalue weighted by molar-refractivity contribution is 0.298. The Kier molecular flexibility index (Phi) is 5.16. The molecule has 0 fully saturated rings. The largest absolute Gasteiger partial charge is 0.489 e. The first-order valence-corrected chi connectivity index (χ1v) is 7.06. The van der Waals surface area contributed by atoms with Crippen LogP contribution in [0.15, 0.2) is 46.9 Å². The van der Waals surface area contributed by atoms with Crippen LogP contribution in [0.3, 0.4) is 0 Å². The molecule has 0 radical (unpaired) electrons. The monoisotopic (exact) mass is 320 g/mol. The Morgan fingerprint density at radius 2 is 2.04 bits per heavy atom. The van der Waals surface area contributed by atoms with Crippen molar-refractivity contribution in [2.75, 3.05) is 0 Å². The summed E-state index contributed by atoms with van der Waals surface area (Å²) in [5.41, 5.74) is 6.97. The first kappa shape index (κ1) is 16.7. The summed E-state index contributed by atoms with van der Waals surface area (Å²) in [5.74, 6) is -0.992. The second-order valence-electron chi connectivity index (χ2n) is 5.29. The molecule has 6 heteroatoms. The van der Waals surface area contributed by atoms with Gasteiger partial charge in [-0.05, 0) is 43.8 Å². The Labute approximate surface area is 132 Å². The van der Waals surface area contributed by atoms with Crippen molar-refractivity contribution in [2.45, 2.75) is 27.0 Å². The van der Waals surface area contributed by atoms with E-state index in [1.807, 2.05) is 6.92 Å². The fourth-order valence-electron chi connectivity index (χ4n) is 2.09. The summed E-state index contributed by atoms with van der Waals surface area (Å²) in [5, 5.41) is 0. The van der Waals surface area contributed by atoms with Crippen molar-refractivity contribution < 1.29 is 13.5 Å². The predicted molar refractivity (Wildman–Crippen MR) is 84.1 cm³/mol. The number of aryl methyl sites for hydroxylation is 1. The minimum atomic E-state index is -0.682. The quantitative estimate of drug-likeness (QED) is 0.921. The molecule has 2 N–H and O–H groups in total. The normalized spacial score (nSPS) is 11.6. The van der Waals surface area contributed by atoms with Crippen molar-refractivity contribution in [3.8, 4) is 5.75 Å². The molecular weight excluding hydrogens is 302 g/mol. The lowest BCUT2D eigenvalue weighted by Crippen LogP contribution is -2.22. The highest BCUT2D eigenvalue weighted by atomic mass is 19.1. The summed E-state index contributed by atoms with van der Waals surface area (Å²) >= 11 is 0. The van der Waals surface area contributed by atoms with Gasteiger partial charge in [-0.3, -0.25) is 4.79 Å². The minimum Gasteiger partial charge on any atom is -0.489 e. The van der Waals surface area contributed by atoms with Gasteiger partial charge >= 0.3 is 0 Å². The van der Waals surface area contributed by atoms with Crippen LogP contribution in [0.5, 0.6) is 5.75 Å². The number of hydrogen-bond donors (Lipinski definition) is 1. The Bertz CT molecular complexity index is 798. The van der Waals surface area contributed by atoms with Crippen LogP contribution >= 0.6 is 0 Å². The number of rotatable bonds is 5. The zero-order valence-corrected chi connectivity index (χ0v) is 13.0. The topological polar surface area (TPSA) is 57.2 Å². The number of aromatic nitrogens is 1. The molecule has 0 saturated heterocycles. The Hall–Kier alpha value is -2.63. The van der Waals surface area contributed by atoms with Crippen molar-refractivity contribution in [2.24, 2.45) is 5.73 Å². The maximum Gasteiger partial charge on any atom is 0.254 e. The Morgan fingerprint density at radius 3 is 2.65 bits per heavy atom. The summed E-state index contributed by atoms with van der Waals surface area (Å²) < 4.78 is 33.4. The third kappa shape index (κ3) is 4.18. The molecular formula is C17H18F2N2O2. The van der Waals surface area contributed by atoms with Crippen LogP contribution in [0.2, 0.25) is 0 Å². The zero-order chi connectivity index (χ0) is 17.0. The van der Waals surface area contributed by atoms with E-state index < -0.39 is 11.6 Å². The highest BCUT2D eigenvalue weighted by molar-refractivity contribution is 5.25. The molecule has 2 aromatic rings. The van der Waals surface area contributed by atoms with Gasteiger partial charge in [-0.1, -0.05) is 0 Å². The van der Waals surface area contributed by atoms with Gasteiger partial charge in [0.05, 0.1) is 0 Å². The molecule has 0 aliphatic heterocycles. The van der Waals surface area contributed by atoms with Gasteiger partial charge in [0.1, 0.15) is 24.0 Å². The van der Waals surface area contributed by atoms with E-state index >= 15 is 0 Å². The maximum absolute atomic E-state index is 13.6. The molecule has 0 spiro atoms. The first-order chi connectivity index (χ1) is 10.9. The summed E-state index contributed by atoms with van der Waals surface area (Å²) in [4.78, 5) is 12.1. The molecule has 0 bridgehead atoms. The van der Waals surface area contributed by atoms with Gasteiger partial charge < -0.3 is 15.0 Å². The van der Waals surface area contributed by atoms with Crippen LogP contribution in [0, 0.1) is 18.6 Å². The number of hydrogen-bond acceptors (Lipinski definition) is 3. The highest BCUT2D eigenvalue weighted by Gasteiger charge is 2.08. The Balaban J connectivity index is 2.17. The van der Waals surface area contributed by atoms with Crippen LogP contribution in [-0.4, -0.2) is 4.57 Å². The maximum atomic E-state index is 13.6. The summed E-state index contributed by atoms with van der Waals surface area (Å²) in [7, 11) is 0. The second kappa shape index (κ2) is 7.09. The van der Waals surface area contributed by atoms with Crippen molar-refractivity contribution in [1.29, 1.82) is 0 Å². The molecule has 0 atom stereocenters. The lowest BCUT2D eigenvalue weighted by Gasteiger charge is -2.13. The SMILES string of the molecule is C/C(=C/N)Cn1c(C)cc(OCc2ccc(F)cc2F)cc1=O. The van der Waals surface area contributed by atoms with E-state index in [1.165, 1.54) is 18.3 Å². The van der Waals surface area contributed by atoms with Gasteiger partial charge in [-0.2, -0.15) is 0 Å². The number of ether oxygens (including phenoxy) is 1. The summed E-state index contributed by atoms with van der Waals surface area (Å²) in [6.07, 6.45) is 1.45. The number of nitrogens with two attached hydrogens (primary N) is 1. The van der Waals surface area contributed by atoms with Crippen molar-refractivity contribution in [3.05, 3.63) is 75.4 Å². The molecule has 122 valence electrons. The van der Waals surface area contributed by atoms with Gasteiger partial charge in [0.25, 0.3) is 5.56 Å². The van der Waals surface area contributed by atoms with Crippen molar-refractivity contribution in [3.63, 3.8) is 0 Å². The van der Waals surface area contributed by atoms with E-state index in [-0.39, 0.29) is 17.7 Å². The van der Waals surface area contributed by atoms with E-state index in [2.05, 4.69) is 0 Å². The van der Waals surface area contributed by atoms with Gasteiger partial charge in [-0.25, -0.2) is 8.78 Å². The molecule has 1 heterocycles. The van der Waals surface area contributed by atoms with Crippen molar-refractivity contribution >= 4 is 0 Å². The average molecular weight is 320 g/mol. The Morgan fingerprint density at radius 1 is 1.30 bits per heavy atom. The molecule has 0 saturated carbocycles. The highest BCUT2D eigenvalue weighted by Crippen LogP contribution is 2.15. The molecule has 1 aromatic carbocycles. The number of pyridine rings is 1. The van der Waals surface area contributed by atoms with Crippen LogP contribution in [0.25, 0.3) is 0 Å². The number of allylic oxidation sites excluding steroid dienone is 1. The first-order valence-electron chi connectivity index (χ1n) is 7.06. The van der Waals surface area contributed by atoms with Gasteiger partial charge in [0, 0.05) is 29.9 Å². The number of benzene rings is 1. The van der Waals surface area contributed by atoms with E-state index in [0.29, 0.717) is 18.0 Å². The molecule has 0 amide bonds. The molecule has 2 rings (SSSR count). The smallest absolute Gasteiger partial charge is 0.254 e. The van der Waals surface area contributed by atoms with Crippen molar-refractivity contribution in [1.82, 2.24) is 4.57 Å². The lowest BCUT2D eigenvalue weighted by atomic mass is 10.2. The molecule has 23 heavy (non-hydrogen) atoms. The summed E-state index contributed by atoms with van der Waals surface area (Å²) in [6, 6.07) is 6.29. The zero-order valence-electron chi connectivity index (χ0n) is 13.0. The van der Waals surface area contributed by atoms with Crippen LogP contribution < -0.4 is 16.0 Å². The minimum absolute atomic E-state index is 0.0866. The third-order valence-electron chi connectivity index (χ3n) is 3.41. The van der Waals surface area contributed by atoms with Gasteiger partial charge in [0.15, 0.2) is 0 Å². The molecule has 0 aliphatic rings. The molecule has 0 unspecified atom stereocenters. The van der Waals surface area contributed by atoms with E-state index in [0.717, 1.165) is 17.7 Å². The fraction of sp³-hybridized carbons (Fsp3) is 0.235. The van der Waals surface area contributed by atoms with Crippen LogP contribution in [-0.2, 0) is 13.2 Å². The predicted octanol–water partition coefficient (Wildman–Crippen LogP) is 2.88. The molecule has 0 aliphatic carbocycles. The molecule has 4 nitrogen and oxygen atoms in total. The van der Waals surface area contributed by atoms with Crippen LogP contribution in [0.1, 0.15) is 18.2 Å². The molecule has 1 aromatic heterocycles. The van der Waals surface area contributed by atoms with Crippen LogP contribution in [0.4, 0.5) is 8.78 Å². The fourth-order valence-corrected chi connectivity index (χ4v) is 2.09. The third-order valence-corrected chi connectivity index (χ3v) is 3.41. The van der Waals surface area contributed by atoms with Gasteiger partial charge in [-0.15, -0.1) is 0 Å². The number of nitrogens with zero attached hydrogens (tertiary/aromatic N) is 1. The van der Waals surface area contributed by atoms with E-state index in [9.17, 15) is 13.6 Å².